The van der Waals surface area contributed by atoms with E-state index in [1.807, 2.05) is 20.8 Å². The molecule has 1 fully saturated rings. The summed E-state index contributed by atoms with van der Waals surface area (Å²) in [7, 11) is -2.19. The minimum absolute atomic E-state index is 0.250. The molecule has 1 rings (SSSR count). The topological polar surface area (TPSA) is 49.5 Å². The largest absolute Gasteiger partial charge is 0.395 e. The maximum atomic E-state index is 5.79. The van der Waals surface area contributed by atoms with Crippen LogP contribution in [0.15, 0.2) is 0 Å². The molecule has 0 saturated carbocycles. The third kappa shape index (κ3) is 6.26. The number of hydrogen-bond acceptors (Lipinski definition) is 5. The molecule has 0 aromatic heterocycles. The highest BCUT2D eigenvalue weighted by atomic mass is 28.4. The monoisotopic (exact) mass is 278 g/mol. The lowest BCUT2D eigenvalue weighted by molar-refractivity contribution is -0.133. The van der Waals surface area contributed by atoms with Crippen LogP contribution in [-0.2, 0) is 23.1 Å². The minimum Gasteiger partial charge on any atom is -0.395 e. The lowest BCUT2D eigenvalue weighted by atomic mass is 10.5. The van der Waals surface area contributed by atoms with Crippen LogP contribution in [0.2, 0.25) is 12.6 Å². The fourth-order valence-electron chi connectivity index (χ4n) is 1.80. The molecule has 0 amide bonds. The molecule has 1 aliphatic heterocycles. The van der Waals surface area contributed by atoms with Gasteiger partial charge in [-0.3, -0.25) is 0 Å². The van der Waals surface area contributed by atoms with Crippen molar-refractivity contribution >= 4 is 8.56 Å². The Morgan fingerprint density at radius 2 is 1.72 bits per heavy atom. The molecule has 1 heterocycles. The first-order valence-electron chi connectivity index (χ1n) is 6.76. The second-order valence-corrected chi connectivity index (χ2v) is 7.63. The van der Waals surface area contributed by atoms with Gasteiger partial charge in [0, 0.05) is 25.9 Å². The molecule has 0 radical (unpaired) electrons. The molecule has 0 bridgehead atoms. The van der Waals surface area contributed by atoms with Crippen molar-refractivity contribution in [3.8, 4) is 0 Å². The van der Waals surface area contributed by atoms with E-state index in [4.69, 9.17) is 23.1 Å². The second-order valence-electron chi connectivity index (χ2n) is 4.38. The Kier molecular flexibility index (Phi) is 7.36. The van der Waals surface area contributed by atoms with E-state index in [1.165, 1.54) is 0 Å². The number of ether oxygens (including phenoxy) is 3. The van der Waals surface area contributed by atoms with E-state index in [1.54, 1.807) is 0 Å². The highest BCUT2D eigenvalue weighted by molar-refractivity contribution is 6.66. The first-order valence-corrected chi connectivity index (χ1v) is 9.28. The molecule has 18 heavy (non-hydrogen) atoms. The van der Waals surface area contributed by atoms with Crippen molar-refractivity contribution in [2.45, 2.75) is 45.8 Å². The van der Waals surface area contributed by atoms with Gasteiger partial charge in [0.25, 0.3) is 0 Å². The Labute approximate surface area is 111 Å². The highest BCUT2D eigenvalue weighted by Gasteiger charge is 2.36. The quantitative estimate of drug-likeness (QED) is 0.328. The van der Waals surface area contributed by atoms with Crippen molar-refractivity contribution in [2.75, 3.05) is 33.0 Å². The summed E-state index contributed by atoms with van der Waals surface area (Å²) in [5.74, 6) is 0. The third-order valence-electron chi connectivity index (χ3n) is 2.66. The zero-order valence-corrected chi connectivity index (χ0v) is 12.9. The summed E-state index contributed by atoms with van der Waals surface area (Å²) in [6.07, 6.45) is -0.00553. The van der Waals surface area contributed by atoms with Gasteiger partial charge in [0.15, 0.2) is 6.29 Å². The SMILES string of the molecule is CCOC(C[Si](C)(OCC)OCC)OCC1CO1. The number of rotatable bonds is 11. The van der Waals surface area contributed by atoms with E-state index >= 15 is 0 Å². The molecule has 108 valence electrons. The fraction of sp³-hybridized carbons (Fsp3) is 1.00. The van der Waals surface area contributed by atoms with E-state index in [9.17, 15) is 0 Å². The van der Waals surface area contributed by atoms with Crippen molar-refractivity contribution in [2.24, 2.45) is 0 Å². The summed E-state index contributed by atoms with van der Waals surface area (Å²) in [5, 5.41) is 0. The van der Waals surface area contributed by atoms with Crippen molar-refractivity contribution in [1.29, 1.82) is 0 Å². The predicted octanol–water partition coefficient (Wildman–Crippen LogP) is 1.91. The van der Waals surface area contributed by atoms with E-state index in [0.29, 0.717) is 32.5 Å². The van der Waals surface area contributed by atoms with E-state index < -0.39 is 8.56 Å². The fourth-order valence-corrected chi connectivity index (χ4v) is 4.19. The Hall–Kier alpha value is 0.0169. The lowest BCUT2D eigenvalue weighted by Crippen LogP contribution is -2.43. The summed E-state index contributed by atoms with van der Waals surface area (Å²) in [4.78, 5) is 0. The summed E-state index contributed by atoms with van der Waals surface area (Å²) in [6.45, 7) is 11.3. The van der Waals surface area contributed by atoms with Crippen LogP contribution >= 0.6 is 0 Å². The molecule has 0 aromatic rings. The van der Waals surface area contributed by atoms with Crippen LogP contribution in [0, 0.1) is 0 Å². The van der Waals surface area contributed by atoms with E-state index in [0.717, 1.165) is 6.61 Å². The van der Waals surface area contributed by atoms with E-state index in [2.05, 4.69) is 6.55 Å². The van der Waals surface area contributed by atoms with Crippen LogP contribution in [0.1, 0.15) is 20.8 Å². The van der Waals surface area contributed by atoms with Crippen LogP contribution < -0.4 is 0 Å². The van der Waals surface area contributed by atoms with Crippen LogP contribution in [0.25, 0.3) is 0 Å². The number of epoxide rings is 1. The van der Waals surface area contributed by atoms with Gasteiger partial charge in [-0.25, -0.2) is 0 Å². The maximum absolute atomic E-state index is 5.79. The molecular formula is C12H26O5Si. The summed E-state index contributed by atoms with van der Waals surface area (Å²) >= 11 is 0. The van der Waals surface area contributed by atoms with Crippen molar-refractivity contribution in [3.05, 3.63) is 0 Å². The zero-order chi connectivity index (χ0) is 13.4. The predicted molar refractivity (Wildman–Crippen MR) is 70.8 cm³/mol. The summed E-state index contributed by atoms with van der Waals surface area (Å²) in [5.41, 5.74) is 0. The Morgan fingerprint density at radius 3 is 2.17 bits per heavy atom. The van der Waals surface area contributed by atoms with Gasteiger partial charge >= 0.3 is 8.56 Å². The third-order valence-corrected chi connectivity index (χ3v) is 5.53. The van der Waals surface area contributed by atoms with Gasteiger partial charge in [0.2, 0.25) is 0 Å². The molecule has 0 aromatic carbocycles. The Bertz CT molecular complexity index is 217. The van der Waals surface area contributed by atoms with Gasteiger partial charge in [0.05, 0.1) is 13.2 Å². The molecule has 0 N–H and O–H groups in total. The first kappa shape index (κ1) is 16.1. The van der Waals surface area contributed by atoms with Crippen molar-refractivity contribution in [3.63, 3.8) is 0 Å². The van der Waals surface area contributed by atoms with Crippen LogP contribution in [0.4, 0.5) is 0 Å². The average molecular weight is 278 g/mol. The Morgan fingerprint density at radius 1 is 1.11 bits per heavy atom. The van der Waals surface area contributed by atoms with Gasteiger partial charge in [-0.05, 0) is 27.3 Å². The minimum atomic E-state index is -2.19. The normalized spacial score (nSPS) is 21.0. The maximum Gasteiger partial charge on any atom is 0.340 e. The number of hydrogen-bond donors (Lipinski definition) is 0. The Balaban J connectivity index is 2.42. The average Bonchev–Trinajstić information content (AvgIpc) is 3.10. The zero-order valence-electron chi connectivity index (χ0n) is 11.9. The molecular weight excluding hydrogens is 252 g/mol. The summed E-state index contributed by atoms with van der Waals surface area (Å²) < 4.78 is 28.0. The highest BCUT2D eigenvalue weighted by Crippen LogP contribution is 2.20. The van der Waals surface area contributed by atoms with Crippen molar-refractivity contribution in [1.82, 2.24) is 0 Å². The molecule has 1 saturated heterocycles. The molecule has 5 nitrogen and oxygen atoms in total. The first-order chi connectivity index (χ1) is 8.63. The van der Waals surface area contributed by atoms with Gasteiger partial charge in [0.1, 0.15) is 6.10 Å². The molecule has 6 heteroatoms. The van der Waals surface area contributed by atoms with Gasteiger partial charge in [-0.2, -0.15) is 0 Å². The molecule has 0 aliphatic carbocycles. The van der Waals surface area contributed by atoms with Crippen LogP contribution in [0.3, 0.4) is 0 Å². The smallest absolute Gasteiger partial charge is 0.340 e. The van der Waals surface area contributed by atoms with Crippen molar-refractivity contribution < 1.29 is 23.1 Å². The van der Waals surface area contributed by atoms with Crippen LogP contribution in [-0.4, -0.2) is 54.0 Å². The van der Waals surface area contributed by atoms with E-state index in [-0.39, 0.29) is 12.4 Å². The molecule has 2 unspecified atom stereocenters. The lowest BCUT2D eigenvalue weighted by Gasteiger charge is -2.29. The molecule has 0 spiro atoms. The molecule has 2 atom stereocenters. The van der Waals surface area contributed by atoms with Gasteiger partial charge in [-0.1, -0.05) is 0 Å². The summed E-state index contributed by atoms with van der Waals surface area (Å²) in [6, 6.07) is 0.690. The molecule has 1 aliphatic rings. The van der Waals surface area contributed by atoms with Crippen LogP contribution in [0.5, 0.6) is 0 Å². The standard InChI is InChI=1S/C12H26O5Si/c1-5-13-12(15-9-11-8-14-11)10-18(4,16-6-2)17-7-3/h11-12H,5-10H2,1-4H3. The second kappa shape index (κ2) is 8.24. The van der Waals surface area contributed by atoms with Gasteiger partial charge in [-0.15, -0.1) is 0 Å². The van der Waals surface area contributed by atoms with Gasteiger partial charge < -0.3 is 23.1 Å².